The molecule has 1 saturated heterocycles. The fourth-order valence-electron chi connectivity index (χ4n) is 4.17. The zero-order valence-corrected chi connectivity index (χ0v) is 15.7. The molecule has 0 aromatic carbocycles. The Morgan fingerprint density at radius 3 is 2.65 bits per heavy atom. The molecule has 1 aliphatic carbocycles. The second-order valence-corrected chi connectivity index (χ2v) is 7.84. The lowest BCUT2D eigenvalue weighted by atomic mass is 9.76. The molecule has 1 saturated carbocycles. The van der Waals surface area contributed by atoms with Gasteiger partial charge in [0.15, 0.2) is 0 Å². The largest absolute Gasteiger partial charge is 0.470 e. The molecule has 3 rings (SSSR count). The molecule has 6 heteroatoms. The second kappa shape index (κ2) is 8.48. The topological polar surface area (TPSA) is 79.1 Å². The van der Waals surface area contributed by atoms with Gasteiger partial charge < -0.3 is 9.64 Å². The minimum absolute atomic E-state index is 0.122. The lowest BCUT2D eigenvalue weighted by molar-refractivity contribution is -0.139. The summed E-state index contributed by atoms with van der Waals surface area (Å²) in [6.07, 6.45) is 9.00. The maximum absolute atomic E-state index is 12.9. The van der Waals surface area contributed by atoms with E-state index in [2.05, 4.69) is 23.8 Å². The highest BCUT2D eigenvalue weighted by Gasteiger charge is 2.33. The van der Waals surface area contributed by atoms with Crippen LogP contribution in [0.1, 0.15) is 58.1 Å². The second-order valence-electron chi connectivity index (χ2n) is 7.84. The first-order valence-electron chi connectivity index (χ1n) is 9.75. The van der Waals surface area contributed by atoms with Crippen LogP contribution in [0.4, 0.5) is 0 Å². The van der Waals surface area contributed by atoms with E-state index in [0.29, 0.717) is 12.5 Å². The molecule has 2 fully saturated rings. The highest BCUT2D eigenvalue weighted by atomic mass is 16.5. The molecule has 0 N–H and O–H groups in total. The Labute approximate surface area is 155 Å². The summed E-state index contributed by atoms with van der Waals surface area (Å²) in [5.74, 6) is 2.18. The van der Waals surface area contributed by atoms with Crippen molar-refractivity contribution in [2.75, 3.05) is 13.1 Å². The molecule has 2 aliphatic rings. The number of rotatable bonds is 4. The predicted molar refractivity (Wildman–Crippen MR) is 97.3 cm³/mol. The maximum Gasteiger partial charge on any atom is 0.251 e. The number of carbonyl (C=O) groups excluding carboxylic acids is 1. The lowest BCUT2D eigenvalue weighted by Crippen LogP contribution is -2.47. The molecule has 1 amide bonds. The molecule has 1 atom stereocenters. The van der Waals surface area contributed by atoms with Crippen LogP contribution in [0.5, 0.6) is 5.88 Å². The van der Waals surface area contributed by atoms with E-state index in [1.54, 1.807) is 0 Å². The summed E-state index contributed by atoms with van der Waals surface area (Å²) in [7, 11) is 0. The summed E-state index contributed by atoms with van der Waals surface area (Å²) in [6, 6.07) is 2.00. The van der Waals surface area contributed by atoms with Gasteiger partial charge in [0.2, 0.25) is 11.6 Å². The number of piperidine rings is 1. The number of aromatic nitrogens is 2. The Kier molecular flexibility index (Phi) is 6.08. The third kappa shape index (κ3) is 4.32. The van der Waals surface area contributed by atoms with Gasteiger partial charge in [0.1, 0.15) is 12.2 Å². The minimum Gasteiger partial charge on any atom is -0.470 e. The number of hydrogen-bond donors (Lipinski definition) is 0. The number of likely N-dealkylation sites (tertiary alicyclic amines) is 1. The molecule has 1 aliphatic heterocycles. The van der Waals surface area contributed by atoms with Gasteiger partial charge in [0, 0.05) is 24.9 Å². The van der Waals surface area contributed by atoms with E-state index in [1.807, 2.05) is 11.0 Å². The monoisotopic (exact) mass is 356 g/mol. The van der Waals surface area contributed by atoms with Gasteiger partial charge >= 0.3 is 0 Å². The van der Waals surface area contributed by atoms with E-state index in [4.69, 9.17) is 10.00 Å². The van der Waals surface area contributed by atoms with E-state index in [1.165, 1.54) is 12.4 Å². The summed E-state index contributed by atoms with van der Waals surface area (Å²) < 4.78 is 5.90. The van der Waals surface area contributed by atoms with Crippen molar-refractivity contribution in [3.63, 3.8) is 0 Å². The van der Waals surface area contributed by atoms with Gasteiger partial charge in [-0.2, -0.15) is 5.26 Å². The Morgan fingerprint density at radius 1 is 1.23 bits per heavy atom. The number of carbonyl (C=O) groups is 1. The average molecular weight is 356 g/mol. The van der Waals surface area contributed by atoms with E-state index >= 15 is 0 Å². The molecule has 26 heavy (non-hydrogen) atoms. The van der Waals surface area contributed by atoms with Gasteiger partial charge in [-0.15, -0.1) is 0 Å². The molecule has 0 spiro atoms. The molecule has 2 heterocycles. The quantitative estimate of drug-likeness (QED) is 0.828. The molecule has 140 valence electrons. The normalized spacial score (nSPS) is 26.4. The van der Waals surface area contributed by atoms with Crippen LogP contribution in [-0.4, -0.2) is 40.0 Å². The van der Waals surface area contributed by atoms with Crippen LogP contribution in [0.3, 0.4) is 0 Å². The van der Waals surface area contributed by atoms with Crippen LogP contribution in [0.25, 0.3) is 0 Å². The van der Waals surface area contributed by atoms with Gasteiger partial charge in [-0.1, -0.05) is 13.8 Å². The summed E-state index contributed by atoms with van der Waals surface area (Å²) in [5.41, 5.74) is 0.197. The van der Waals surface area contributed by atoms with Gasteiger partial charge in [-0.25, -0.2) is 9.97 Å². The van der Waals surface area contributed by atoms with Gasteiger partial charge in [0.25, 0.3) is 5.88 Å². The zero-order chi connectivity index (χ0) is 18.5. The van der Waals surface area contributed by atoms with E-state index in [-0.39, 0.29) is 29.5 Å². The number of nitriles is 1. The summed E-state index contributed by atoms with van der Waals surface area (Å²) >= 11 is 0. The first kappa shape index (κ1) is 18.6. The third-order valence-electron chi connectivity index (χ3n) is 5.80. The molecule has 0 radical (unpaired) electrons. The maximum atomic E-state index is 12.9. The summed E-state index contributed by atoms with van der Waals surface area (Å²) in [4.78, 5) is 23.0. The van der Waals surface area contributed by atoms with Crippen LogP contribution >= 0.6 is 0 Å². The van der Waals surface area contributed by atoms with E-state index in [0.717, 1.165) is 51.0 Å². The molecule has 1 unspecified atom stereocenters. The molecule has 6 nitrogen and oxygen atoms in total. The third-order valence-corrected chi connectivity index (χ3v) is 5.80. The van der Waals surface area contributed by atoms with Crippen molar-refractivity contribution >= 4 is 5.91 Å². The Morgan fingerprint density at radius 2 is 1.96 bits per heavy atom. The SMILES string of the molecule is CC(C)C1CCC(C(=O)N2CCCC(Oc3nccnc3C#N)C2)CC1. The Hall–Kier alpha value is -2.16. The van der Waals surface area contributed by atoms with Crippen molar-refractivity contribution in [1.82, 2.24) is 14.9 Å². The summed E-state index contributed by atoms with van der Waals surface area (Å²) in [6.45, 7) is 5.93. The van der Waals surface area contributed by atoms with Crippen LogP contribution in [-0.2, 0) is 4.79 Å². The molecule has 0 bridgehead atoms. The number of amides is 1. The van der Waals surface area contributed by atoms with Crippen LogP contribution in [0, 0.1) is 29.1 Å². The zero-order valence-electron chi connectivity index (χ0n) is 15.7. The molecule has 1 aromatic heterocycles. The molecular formula is C20H28N4O2. The van der Waals surface area contributed by atoms with Crippen LogP contribution in [0.15, 0.2) is 12.4 Å². The van der Waals surface area contributed by atoms with Crippen LogP contribution < -0.4 is 4.74 Å². The fourth-order valence-corrected chi connectivity index (χ4v) is 4.17. The predicted octanol–water partition coefficient (Wildman–Crippen LogP) is 3.18. The first-order valence-corrected chi connectivity index (χ1v) is 9.75. The van der Waals surface area contributed by atoms with Crippen LogP contribution in [0.2, 0.25) is 0 Å². The Balaban J connectivity index is 1.57. The van der Waals surface area contributed by atoms with Gasteiger partial charge in [-0.3, -0.25) is 4.79 Å². The smallest absolute Gasteiger partial charge is 0.251 e. The number of nitrogens with zero attached hydrogens (tertiary/aromatic N) is 4. The van der Waals surface area contributed by atoms with Crippen molar-refractivity contribution in [2.24, 2.45) is 17.8 Å². The van der Waals surface area contributed by atoms with Crippen molar-refractivity contribution in [1.29, 1.82) is 5.26 Å². The van der Waals surface area contributed by atoms with E-state index < -0.39 is 0 Å². The van der Waals surface area contributed by atoms with E-state index in [9.17, 15) is 4.79 Å². The first-order chi connectivity index (χ1) is 12.6. The number of ether oxygens (including phenoxy) is 1. The van der Waals surface area contributed by atoms with Gasteiger partial charge in [-0.05, 0) is 50.4 Å². The molecular weight excluding hydrogens is 328 g/mol. The fraction of sp³-hybridized carbons (Fsp3) is 0.700. The average Bonchev–Trinajstić information content (AvgIpc) is 2.68. The summed E-state index contributed by atoms with van der Waals surface area (Å²) in [5, 5.41) is 9.12. The highest BCUT2D eigenvalue weighted by molar-refractivity contribution is 5.79. The molecule has 1 aromatic rings. The van der Waals surface area contributed by atoms with Crippen molar-refractivity contribution in [2.45, 2.75) is 58.5 Å². The van der Waals surface area contributed by atoms with Gasteiger partial charge in [0.05, 0.1) is 6.54 Å². The van der Waals surface area contributed by atoms with Crippen molar-refractivity contribution in [3.8, 4) is 11.9 Å². The Bertz CT molecular complexity index is 662. The lowest BCUT2D eigenvalue weighted by Gasteiger charge is -2.37. The minimum atomic E-state index is -0.122. The highest BCUT2D eigenvalue weighted by Crippen LogP contribution is 2.34. The van der Waals surface area contributed by atoms with Crippen molar-refractivity contribution in [3.05, 3.63) is 18.1 Å². The standard InChI is InChI=1S/C20H28N4O2/c1-14(2)15-5-7-16(8-6-15)20(25)24-11-3-4-17(13-24)26-19-18(12-21)22-9-10-23-19/h9-10,14-17H,3-8,11,13H2,1-2H3. The van der Waals surface area contributed by atoms with Crippen molar-refractivity contribution < 1.29 is 9.53 Å². The number of hydrogen-bond acceptors (Lipinski definition) is 5.